The summed E-state index contributed by atoms with van der Waals surface area (Å²) in [6.07, 6.45) is 1.78. The van der Waals surface area contributed by atoms with Crippen LogP contribution < -0.4 is 10.6 Å². The van der Waals surface area contributed by atoms with E-state index >= 15 is 0 Å². The molecule has 1 aliphatic heterocycles. The highest BCUT2D eigenvalue weighted by molar-refractivity contribution is 14.0. The van der Waals surface area contributed by atoms with Crippen molar-refractivity contribution in [1.82, 2.24) is 20.5 Å². The zero-order chi connectivity index (χ0) is 18.1. The summed E-state index contributed by atoms with van der Waals surface area (Å²) in [4.78, 5) is 11.2. The first-order chi connectivity index (χ1) is 12.0. The molecule has 3 N–H and O–H groups in total. The molecule has 1 aromatic heterocycles. The van der Waals surface area contributed by atoms with Gasteiger partial charge in [-0.3, -0.25) is 9.88 Å². The molecule has 0 saturated carbocycles. The first-order valence-corrected chi connectivity index (χ1v) is 8.95. The maximum atomic E-state index is 10.7. The molecule has 1 aliphatic rings. The zero-order valence-corrected chi connectivity index (χ0v) is 18.3. The summed E-state index contributed by atoms with van der Waals surface area (Å²) >= 11 is 0. The van der Waals surface area contributed by atoms with Gasteiger partial charge >= 0.3 is 0 Å². The highest BCUT2D eigenvalue weighted by atomic mass is 127. The number of aromatic nitrogens is 1. The Hall–Kier alpha value is -0.970. The predicted octanol–water partition coefficient (Wildman–Crippen LogP) is 1.15. The van der Waals surface area contributed by atoms with Crippen LogP contribution in [0, 0.1) is 6.92 Å². The fourth-order valence-corrected chi connectivity index (χ4v) is 2.75. The monoisotopic (exact) mass is 477 g/mol. The van der Waals surface area contributed by atoms with Crippen LogP contribution >= 0.6 is 24.0 Å². The van der Waals surface area contributed by atoms with E-state index in [2.05, 4.69) is 25.5 Å². The number of aryl methyl sites for hydroxylation is 1. The number of hydrogen-bond acceptors (Lipinski definition) is 5. The second-order valence-corrected chi connectivity index (χ2v) is 6.70. The molecule has 8 heteroatoms. The number of aliphatic imine (C=N–C) groups is 1. The third-order valence-corrected chi connectivity index (χ3v) is 4.15. The quantitative estimate of drug-likeness (QED) is 0.311. The van der Waals surface area contributed by atoms with Gasteiger partial charge in [0.25, 0.3) is 0 Å². The minimum absolute atomic E-state index is 0. The molecule has 26 heavy (non-hydrogen) atoms. The normalized spacial score (nSPS) is 17.9. The predicted molar refractivity (Wildman–Crippen MR) is 115 cm³/mol. The van der Waals surface area contributed by atoms with Crippen molar-refractivity contribution in [2.75, 3.05) is 45.9 Å². The van der Waals surface area contributed by atoms with E-state index in [1.165, 1.54) is 0 Å². The van der Waals surface area contributed by atoms with Crippen LogP contribution in [0.25, 0.3) is 0 Å². The number of pyridine rings is 1. The molecule has 0 aromatic carbocycles. The number of morpholine rings is 1. The number of aliphatic hydroxyl groups is 1. The summed E-state index contributed by atoms with van der Waals surface area (Å²) in [7, 11) is 0. The van der Waals surface area contributed by atoms with Crippen LogP contribution in [0.4, 0.5) is 0 Å². The molecule has 1 fully saturated rings. The minimum Gasteiger partial charge on any atom is -0.387 e. The summed E-state index contributed by atoms with van der Waals surface area (Å²) in [5.74, 6) is 0.690. The molecule has 0 aliphatic carbocycles. The van der Waals surface area contributed by atoms with Crippen LogP contribution in [0.15, 0.2) is 23.3 Å². The highest BCUT2D eigenvalue weighted by Gasteiger charge is 2.25. The Kier molecular flexibility index (Phi) is 10.4. The van der Waals surface area contributed by atoms with Crippen molar-refractivity contribution in [2.45, 2.75) is 32.9 Å². The third kappa shape index (κ3) is 8.15. The maximum Gasteiger partial charge on any atom is 0.191 e. The van der Waals surface area contributed by atoms with E-state index in [1.807, 2.05) is 32.9 Å². The molecular formula is C18H32IN5O2. The fourth-order valence-electron chi connectivity index (χ4n) is 2.75. The molecule has 1 unspecified atom stereocenters. The summed E-state index contributed by atoms with van der Waals surface area (Å²) in [5, 5.41) is 17.1. The van der Waals surface area contributed by atoms with E-state index in [9.17, 15) is 5.11 Å². The van der Waals surface area contributed by atoms with Crippen molar-refractivity contribution < 1.29 is 9.84 Å². The molecule has 2 heterocycles. The van der Waals surface area contributed by atoms with Crippen molar-refractivity contribution in [3.05, 3.63) is 29.6 Å². The number of guanidine groups is 1. The molecule has 0 bridgehead atoms. The Balaban J connectivity index is 0.00000338. The molecule has 0 spiro atoms. The van der Waals surface area contributed by atoms with Gasteiger partial charge in [-0.15, -0.1) is 24.0 Å². The average Bonchev–Trinajstić information content (AvgIpc) is 2.59. The number of nitrogens with zero attached hydrogens (tertiary/aromatic N) is 3. The lowest BCUT2D eigenvalue weighted by atomic mass is 10.1. The number of halogens is 1. The van der Waals surface area contributed by atoms with E-state index in [1.54, 1.807) is 6.20 Å². The van der Waals surface area contributed by atoms with Crippen LogP contribution in [0.3, 0.4) is 0 Å². The lowest BCUT2D eigenvalue weighted by molar-refractivity contribution is -0.0201. The lowest BCUT2D eigenvalue weighted by Gasteiger charge is -2.34. The van der Waals surface area contributed by atoms with Gasteiger partial charge in [-0.2, -0.15) is 0 Å². The number of β-amino-alcohol motifs (C(OH)–C–C–N with tert-alkyl or cyclic N) is 1. The van der Waals surface area contributed by atoms with Gasteiger partial charge in [0.15, 0.2) is 5.96 Å². The van der Waals surface area contributed by atoms with Gasteiger partial charge in [-0.05, 0) is 32.4 Å². The third-order valence-electron chi connectivity index (χ3n) is 4.15. The second kappa shape index (κ2) is 11.7. The Morgan fingerprint density at radius 3 is 2.77 bits per heavy atom. The highest BCUT2D eigenvalue weighted by Crippen LogP contribution is 2.08. The number of ether oxygens (including phenoxy) is 1. The van der Waals surface area contributed by atoms with Crippen molar-refractivity contribution in [1.29, 1.82) is 0 Å². The van der Waals surface area contributed by atoms with Crippen molar-refractivity contribution in [3.8, 4) is 0 Å². The minimum atomic E-state index is -0.839. The van der Waals surface area contributed by atoms with Crippen LogP contribution in [0.2, 0.25) is 0 Å². The topological polar surface area (TPSA) is 82.0 Å². The Labute approximate surface area is 173 Å². The summed E-state index contributed by atoms with van der Waals surface area (Å²) in [5.41, 5.74) is 1.25. The Morgan fingerprint density at radius 2 is 2.12 bits per heavy atom. The first-order valence-electron chi connectivity index (χ1n) is 8.95. The zero-order valence-electron chi connectivity index (χ0n) is 16.0. The molecule has 0 amide bonds. The van der Waals surface area contributed by atoms with E-state index in [-0.39, 0.29) is 24.0 Å². The van der Waals surface area contributed by atoms with Gasteiger partial charge in [-0.1, -0.05) is 6.07 Å². The average molecular weight is 477 g/mol. The van der Waals surface area contributed by atoms with Gasteiger partial charge in [0.1, 0.15) is 0 Å². The summed E-state index contributed by atoms with van der Waals surface area (Å²) < 4.78 is 5.35. The molecule has 1 aromatic rings. The number of nitrogens with one attached hydrogen (secondary N) is 2. The van der Waals surface area contributed by atoms with E-state index in [4.69, 9.17) is 4.74 Å². The first kappa shape index (κ1) is 23.1. The van der Waals surface area contributed by atoms with E-state index in [0.717, 1.165) is 44.1 Å². The Bertz CT molecular complexity index is 562. The van der Waals surface area contributed by atoms with Crippen molar-refractivity contribution in [2.24, 2.45) is 4.99 Å². The lowest BCUT2D eigenvalue weighted by Crippen LogP contribution is -2.52. The Morgan fingerprint density at radius 1 is 1.38 bits per heavy atom. The van der Waals surface area contributed by atoms with Gasteiger partial charge in [0.2, 0.25) is 0 Å². The number of hydrogen-bond donors (Lipinski definition) is 3. The summed E-state index contributed by atoms with van der Waals surface area (Å²) in [6, 6.07) is 3.96. The molecular weight excluding hydrogens is 445 g/mol. The van der Waals surface area contributed by atoms with Crippen molar-refractivity contribution >= 4 is 29.9 Å². The van der Waals surface area contributed by atoms with E-state index < -0.39 is 5.60 Å². The van der Waals surface area contributed by atoms with Crippen molar-refractivity contribution in [3.63, 3.8) is 0 Å². The standard InChI is InChI=1S/C18H31N5O2.HI/c1-4-19-17(21-12-16-15(2)6-5-7-20-16)22-13-18(3,24)14-23-8-10-25-11-9-23;/h5-7,24H,4,8-14H2,1-3H3,(H2,19,21,22);1H. The maximum absolute atomic E-state index is 10.7. The molecule has 2 rings (SSSR count). The van der Waals surface area contributed by atoms with E-state index in [0.29, 0.717) is 25.6 Å². The van der Waals surface area contributed by atoms with Crippen LogP contribution in [0.1, 0.15) is 25.1 Å². The second-order valence-electron chi connectivity index (χ2n) is 6.70. The molecule has 7 nitrogen and oxygen atoms in total. The smallest absolute Gasteiger partial charge is 0.191 e. The van der Waals surface area contributed by atoms with Gasteiger partial charge < -0.3 is 20.5 Å². The van der Waals surface area contributed by atoms with Crippen LogP contribution in [0.5, 0.6) is 0 Å². The van der Waals surface area contributed by atoms with Crippen LogP contribution in [-0.2, 0) is 11.3 Å². The van der Waals surface area contributed by atoms with Gasteiger partial charge in [-0.25, -0.2) is 4.99 Å². The molecule has 1 saturated heterocycles. The molecule has 148 valence electrons. The SMILES string of the molecule is CCNC(=NCc1ncccc1C)NCC(C)(O)CN1CCOCC1.I. The summed E-state index contributed by atoms with van der Waals surface area (Å²) in [6.45, 7) is 11.4. The largest absolute Gasteiger partial charge is 0.387 e. The number of rotatable bonds is 7. The van der Waals surface area contributed by atoms with Crippen LogP contribution in [-0.4, -0.2) is 72.5 Å². The fraction of sp³-hybridized carbons (Fsp3) is 0.667. The molecule has 0 radical (unpaired) electrons. The molecule has 1 atom stereocenters. The van der Waals surface area contributed by atoms with Gasteiger partial charge in [0, 0.05) is 38.9 Å². The van der Waals surface area contributed by atoms with Gasteiger partial charge in [0.05, 0.1) is 31.1 Å².